The van der Waals surface area contributed by atoms with Crippen molar-refractivity contribution in [2.24, 2.45) is 0 Å². The Labute approximate surface area is 177 Å². The number of rotatable bonds is 5. The van der Waals surface area contributed by atoms with E-state index in [4.69, 9.17) is 14.2 Å². The van der Waals surface area contributed by atoms with E-state index >= 15 is 0 Å². The SMILES string of the molecule is COc1ccc(S(=O)(=O)Nc2ccc3c(c2)OCO3)c2c1CC(N1CCCC1)CC2. The second-order valence-corrected chi connectivity index (χ2v) is 9.69. The molecule has 0 saturated carbocycles. The number of hydrogen-bond acceptors (Lipinski definition) is 6. The van der Waals surface area contributed by atoms with Crippen molar-refractivity contribution in [1.82, 2.24) is 4.90 Å². The molecular weight excluding hydrogens is 404 g/mol. The smallest absolute Gasteiger partial charge is 0.262 e. The van der Waals surface area contributed by atoms with Gasteiger partial charge in [-0.1, -0.05) is 0 Å². The fourth-order valence-electron chi connectivity index (χ4n) is 4.83. The van der Waals surface area contributed by atoms with Crippen LogP contribution in [-0.4, -0.2) is 46.4 Å². The van der Waals surface area contributed by atoms with Crippen molar-refractivity contribution in [3.8, 4) is 17.2 Å². The molecule has 2 heterocycles. The standard InChI is InChI=1S/C22H26N2O5S/c1-27-19-8-9-22(17-6-5-16(13-18(17)19)24-10-2-3-11-24)30(25,26)23-15-4-7-20-21(12-15)29-14-28-20/h4,7-9,12,16,23H,2-3,5-6,10-11,13-14H2,1H3. The van der Waals surface area contributed by atoms with Crippen molar-refractivity contribution in [1.29, 1.82) is 0 Å². The van der Waals surface area contributed by atoms with Crippen LogP contribution in [0.25, 0.3) is 0 Å². The molecule has 2 aromatic carbocycles. The van der Waals surface area contributed by atoms with Crippen LogP contribution in [0.1, 0.15) is 30.4 Å². The van der Waals surface area contributed by atoms with Gasteiger partial charge in [-0.05, 0) is 75.0 Å². The molecule has 3 aliphatic rings. The van der Waals surface area contributed by atoms with Crippen molar-refractivity contribution >= 4 is 15.7 Å². The van der Waals surface area contributed by atoms with Gasteiger partial charge in [0.05, 0.1) is 17.7 Å². The highest BCUT2D eigenvalue weighted by molar-refractivity contribution is 7.92. The van der Waals surface area contributed by atoms with Crippen LogP contribution < -0.4 is 18.9 Å². The summed E-state index contributed by atoms with van der Waals surface area (Å²) >= 11 is 0. The van der Waals surface area contributed by atoms with Crippen LogP contribution in [0.3, 0.4) is 0 Å². The lowest BCUT2D eigenvalue weighted by Gasteiger charge is -2.33. The first-order valence-corrected chi connectivity index (χ1v) is 11.9. The summed E-state index contributed by atoms with van der Waals surface area (Å²) in [6.45, 7) is 2.41. The van der Waals surface area contributed by atoms with Crippen LogP contribution in [0, 0.1) is 0 Å². The van der Waals surface area contributed by atoms with Crippen LogP contribution >= 0.6 is 0 Å². The predicted molar refractivity (Wildman–Crippen MR) is 113 cm³/mol. The highest BCUT2D eigenvalue weighted by atomic mass is 32.2. The Hall–Kier alpha value is -2.45. The molecule has 7 nitrogen and oxygen atoms in total. The number of nitrogens with zero attached hydrogens (tertiary/aromatic N) is 1. The van der Waals surface area contributed by atoms with Gasteiger partial charge in [0.15, 0.2) is 11.5 Å². The Balaban J connectivity index is 1.46. The number of anilines is 1. The number of ether oxygens (including phenoxy) is 3. The van der Waals surface area contributed by atoms with Crippen molar-refractivity contribution in [3.63, 3.8) is 0 Å². The molecule has 1 unspecified atom stereocenters. The van der Waals surface area contributed by atoms with Gasteiger partial charge in [-0.3, -0.25) is 4.72 Å². The fourth-order valence-corrected chi connectivity index (χ4v) is 6.17. The maximum atomic E-state index is 13.3. The Bertz CT molecular complexity index is 1060. The summed E-state index contributed by atoms with van der Waals surface area (Å²) in [5.41, 5.74) is 2.35. The minimum absolute atomic E-state index is 0.149. The summed E-state index contributed by atoms with van der Waals surface area (Å²) in [6.07, 6.45) is 5.01. The summed E-state index contributed by atoms with van der Waals surface area (Å²) in [5.74, 6) is 1.93. The van der Waals surface area contributed by atoms with Crippen LogP contribution in [0.2, 0.25) is 0 Å². The molecule has 0 spiro atoms. The van der Waals surface area contributed by atoms with Crippen LogP contribution in [-0.2, 0) is 22.9 Å². The molecule has 1 saturated heterocycles. The highest BCUT2D eigenvalue weighted by Gasteiger charge is 2.32. The molecule has 0 bridgehead atoms. The van der Waals surface area contributed by atoms with Gasteiger partial charge in [-0.15, -0.1) is 0 Å². The average Bonchev–Trinajstić information content (AvgIpc) is 3.44. The van der Waals surface area contributed by atoms with E-state index < -0.39 is 10.0 Å². The van der Waals surface area contributed by atoms with Gasteiger partial charge in [-0.25, -0.2) is 8.42 Å². The van der Waals surface area contributed by atoms with E-state index in [1.54, 1.807) is 37.4 Å². The molecule has 1 fully saturated rings. The van der Waals surface area contributed by atoms with Gasteiger partial charge >= 0.3 is 0 Å². The Kier molecular flexibility index (Phi) is 4.99. The zero-order valence-corrected chi connectivity index (χ0v) is 17.8. The summed E-state index contributed by atoms with van der Waals surface area (Å²) < 4.78 is 45.5. The molecule has 2 aromatic rings. The number of nitrogens with one attached hydrogen (secondary N) is 1. The molecule has 0 amide bonds. The lowest BCUT2D eigenvalue weighted by atomic mass is 9.87. The van der Waals surface area contributed by atoms with Gasteiger partial charge < -0.3 is 19.1 Å². The van der Waals surface area contributed by atoms with Gasteiger partial charge in [0, 0.05) is 17.7 Å². The van der Waals surface area contributed by atoms with E-state index in [0.717, 1.165) is 49.2 Å². The number of sulfonamides is 1. The maximum Gasteiger partial charge on any atom is 0.262 e. The molecule has 0 radical (unpaired) electrons. The van der Waals surface area contributed by atoms with E-state index in [9.17, 15) is 8.42 Å². The minimum atomic E-state index is -3.75. The maximum absolute atomic E-state index is 13.3. The second-order valence-electron chi connectivity index (χ2n) is 8.04. The normalized spacial score (nSPS) is 20.8. The average molecular weight is 431 g/mol. The van der Waals surface area contributed by atoms with Crippen molar-refractivity contribution < 1.29 is 22.6 Å². The van der Waals surface area contributed by atoms with E-state index in [-0.39, 0.29) is 6.79 Å². The van der Waals surface area contributed by atoms with Gasteiger partial charge in [0.2, 0.25) is 6.79 Å². The number of benzene rings is 2. The third-order valence-corrected chi connectivity index (χ3v) is 7.77. The summed E-state index contributed by atoms with van der Waals surface area (Å²) in [5, 5.41) is 0. The van der Waals surface area contributed by atoms with Gasteiger partial charge in [0.1, 0.15) is 5.75 Å². The molecular formula is C22H26N2O5S. The summed E-state index contributed by atoms with van der Waals surface area (Å²) in [7, 11) is -2.10. The quantitative estimate of drug-likeness (QED) is 0.785. The number of hydrogen-bond donors (Lipinski definition) is 1. The zero-order chi connectivity index (χ0) is 20.7. The van der Waals surface area contributed by atoms with Crippen molar-refractivity contribution in [2.45, 2.75) is 43.0 Å². The topological polar surface area (TPSA) is 77.1 Å². The Morgan fingerprint density at radius 3 is 2.67 bits per heavy atom. The minimum Gasteiger partial charge on any atom is -0.496 e. The fraction of sp³-hybridized carbons (Fsp3) is 0.455. The summed E-state index contributed by atoms with van der Waals surface area (Å²) in [6, 6.07) is 8.94. The lowest BCUT2D eigenvalue weighted by Crippen LogP contribution is -2.37. The van der Waals surface area contributed by atoms with Gasteiger partial charge in [-0.2, -0.15) is 0 Å². The Morgan fingerprint density at radius 1 is 1.07 bits per heavy atom. The molecule has 1 N–H and O–H groups in total. The second kappa shape index (κ2) is 7.67. The molecule has 1 aliphatic carbocycles. The van der Waals surface area contributed by atoms with Crippen molar-refractivity contribution in [2.75, 3.05) is 31.7 Å². The highest BCUT2D eigenvalue weighted by Crippen LogP contribution is 2.38. The molecule has 1 atom stereocenters. The van der Waals surface area contributed by atoms with Crippen LogP contribution in [0.5, 0.6) is 17.2 Å². The molecule has 5 rings (SSSR count). The number of methoxy groups -OCH3 is 1. The molecule has 8 heteroatoms. The third-order valence-electron chi connectivity index (χ3n) is 6.30. The first-order chi connectivity index (χ1) is 14.5. The predicted octanol–water partition coefficient (Wildman–Crippen LogP) is 3.18. The Morgan fingerprint density at radius 2 is 1.87 bits per heavy atom. The molecule has 2 aliphatic heterocycles. The number of likely N-dealkylation sites (tertiary alicyclic amines) is 1. The van der Waals surface area contributed by atoms with Gasteiger partial charge in [0.25, 0.3) is 10.0 Å². The van der Waals surface area contributed by atoms with Crippen LogP contribution in [0.15, 0.2) is 35.2 Å². The first-order valence-electron chi connectivity index (χ1n) is 10.4. The van der Waals surface area contributed by atoms with Crippen molar-refractivity contribution in [3.05, 3.63) is 41.5 Å². The van der Waals surface area contributed by atoms with E-state index in [1.807, 2.05) is 0 Å². The number of fused-ring (bicyclic) bond motifs is 2. The van der Waals surface area contributed by atoms with E-state index in [2.05, 4.69) is 9.62 Å². The largest absolute Gasteiger partial charge is 0.496 e. The third kappa shape index (κ3) is 3.48. The van der Waals surface area contributed by atoms with Crippen LogP contribution in [0.4, 0.5) is 5.69 Å². The molecule has 160 valence electrons. The molecule has 30 heavy (non-hydrogen) atoms. The van der Waals surface area contributed by atoms with E-state index in [1.165, 1.54) is 12.8 Å². The monoisotopic (exact) mass is 430 g/mol. The zero-order valence-electron chi connectivity index (χ0n) is 17.0. The van der Waals surface area contributed by atoms with E-state index in [0.29, 0.717) is 28.1 Å². The molecule has 0 aromatic heterocycles. The summed E-state index contributed by atoms with van der Waals surface area (Å²) in [4.78, 5) is 2.87. The first kappa shape index (κ1) is 19.5. The lowest BCUT2D eigenvalue weighted by molar-refractivity contribution is 0.174.